The Morgan fingerprint density at radius 3 is 2.59 bits per heavy atom. The van der Waals surface area contributed by atoms with Crippen molar-refractivity contribution in [3.05, 3.63) is 59.7 Å². The second kappa shape index (κ2) is 8.62. The molecule has 0 aromatic heterocycles. The fourth-order valence-corrected chi connectivity index (χ4v) is 2.89. The molecule has 1 aliphatic rings. The van der Waals surface area contributed by atoms with Gasteiger partial charge in [-0.05, 0) is 44.0 Å². The maximum Gasteiger partial charge on any atom is 0.277 e. The molecule has 0 radical (unpaired) electrons. The van der Waals surface area contributed by atoms with Crippen LogP contribution in [0.2, 0.25) is 0 Å². The first-order valence-electron chi connectivity index (χ1n) is 8.80. The van der Waals surface area contributed by atoms with E-state index in [2.05, 4.69) is 10.5 Å². The lowest BCUT2D eigenvalue weighted by Crippen LogP contribution is -2.26. The van der Waals surface area contributed by atoms with Crippen molar-refractivity contribution >= 4 is 17.3 Å². The number of benzene rings is 2. The Bertz CT molecular complexity index is 849. The summed E-state index contributed by atoms with van der Waals surface area (Å²) in [5.74, 6) is -1.39. The fraction of sp³-hybridized carbons (Fsp3) is 0.300. The Balaban J connectivity index is 1.57. The third-order valence-corrected chi connectivity index (χ3v) is 4.36. The topological polar surface area (TPSA) is 53.9 Å². The van der Waals surface area contributed by atoms with Gasteiger partial charge in [-0.3, -0.25) is 4.79 Å². The molecule has 0 bridgehead atoms. The molecule has 1 fully saturated rings. The zero-order chi connectivity index (χ0) is 19.2. The van der Waals surface area contributed by atoms with Crippen LogP contribution in [0.1, 0.15) is 25.3 Å². The van der Waals surface area contributed by atoms with Crippen molar-refractivity contribution < 1.29 is 18.3 Å². The number of ether oxygens (including phenoxy) is 1. The minimum atomic E-state index is -0.543. The van der Waals surface area contributed by atoms with Crippen LogP contribution in [0.3, 0.4) is 0 Å². The summed E-state index contributed by atoms with van der Waals surface area (Å²) in [7, 11) is 0. The van der Waals surface area contributed by atoms with Crippen molar-refractivity contribution in [2.24, 2.45) is 5.10 Å². The first kappa shape index (κ1) is 18.8. The standard InChI is InChI=1S/C20H21F2N3O2/c1-14(15-8-9-18(17(22)12-15)25-10-4-5-11-25)23-24-20(26)13-27-19-7-3-2-6-16(19)21/h2-3,6-9,12H,4-5,10-11,13H2,1H3,(H,24,26)/b23-14-. The number of halogens is 2. The van der Waals surface area contributed by atoms with E-state index in [4.69, 9.17) is 4.74 Å². The number of carbonyl (C=O) groups excluding carboxylic acids is 1. The van der Waals surface area contributed by atoms with E-state index in [0.717, 1.165) is 25.9 Å². The number of hydrogen-bond acceptors (Lipinski definition) is 4. The van der Waals surface area contributed by atoms with Gasteiger partial charge in [0.15, 0.2) is 18.2 Å². The van der Waals surface area contributed by atoms with Crippen molar-refractivity contribution in [2.75, 3.05) is 24.6 Å². The van der Waals surface area contributed by atoms with Gasteiger partial charge in [-0.25, -0.2) is 14.2 Å². The lowest BCUT2D eigenvalue weighted by molar-refractivity contribution is -0.123. The summed E-state index contributed by atoms with van der Waals surface area (Å²) >= 11 is 0. The Kier molecular flexibility index (Phi) is 6.01. The number of nitrogens with zero attached hydrogens (tertiary/aromatic N) is 2. The Morgan fingerprint density at radius 1 is 1.15 bits per heavy atom. The van der Waals surface area contributed by atoms with Gasteiger partial charge in [0.05, 0.1) is 11.4 Å². The Labute approximate surface area is 156 Å². The monoisotopic (exact) mass is 373 g/mol. The van der Waals surface area contributed by atoms with E-state index in [1.54, 1.807) is 25.1 Å². The highest BCUT2D eigenvalue weighted by molar-refractivity contribution is 5.99. The summed E-state index contributed by atoms with van der Waals surface area (Å²) in [5, 5.41) is 3.96. The Morgan fingerprint density at radius 2 is 1.89 bits per heavy atom. The summed E-state index contributed by atoms with van der Waals surface area (Å²) in [6, 6.07) is 10.7. The first-order valence-corrected chi connectivity index (χ1v) is 8.80. The van der Waals surface area contributed by atoms with E-state index in [1.807, 2.05) is 4.90 Å². The molecule has 0 saturated carbocycles. The predicted molar refractivity (Wildman–Crippen MR) is 100 cm³/mol. The van der Waals surface area contributed by atoms with Crippen LogP contribution in [0.25, 0.3) is 0 Å². The molecule has 1 N–H and O–H groups in total. The molecule has 1 amide bonds. The quantitative estimate of drug-likeness (QED) is 0.623. The third-order valence-electron chi connectivity index (χ3n) is 4.36. The van der Waals surface area contributed by atoms with E-state index in [-0.39, 0.29) is 18.2 Å². The van der Waals surface area contributed by atoms with Gasteiger partial charge in [0.25, 0.3) is 5.91 Å². The number of carbonyl (C=O) groups is 1. The molecule has 7 heteroatoms. The minimum absolute atomic E-state index is 0.00655. The molecular formula is C20H21F2N3O2. The number of amides is 1. The molecule has 0 unspecified atom stereocenters. The molecule has 1 heterocycles. The van der Waals surface area contributed by atoms with Gasteiger partial charge >= 0.3 is 0 Å². The van der Waals surface area contributed by atoms with Crippen LogP contribution in [0.15, 0.2) is 47.6 Å². The van der Waals surface area contributed by atoms with E-state index in [1.165, 1.54) is 24.3 Å². The van der Waals surface area contributed by atoms with E-state index in [0.29, 0.717) is 17.0 Å². The second-order valence-electron chi connectivity index (χ2n) is 6.31. The van der Waals surface area contributed by atoms with Gasteiger partial charge in [0, 0.05) is 18.7 Å². The fourth-order valence-electron chi connectivity index (χ4n) is 2.89. The number of para-hydroxylation sites is 1. The zero-order valence-corrected chi connectivity index (χ0v) is 15.0. The first-order chi connectivity index (χ1) is 13.0. The SMILES string of the molecule is C/C(=N/NC(=O)COc1ccccc1F)c1ccc(N2CCCC2)c(F)c1. The van der Waals surface area contributed by atoms with Crippen molar-refractivity contribution in [1.82, 2.24) is 5.43 Å². The largest absolute Gasteiger partial charge is 0.481 e. The van der Waals surface area contributed by atoms with Crippen molar-refractivity contribution in [3.63, 3.8) is 0 Å². The van der Waals surface area contributed by atoms with Crippen LogP contribution in [0.5, 0.6) is 5.75 Å². The van der Waals surface area contributed by atoms with E-state index >= 15 is 0 Å². The number of rotatable bonds is 6. The second-order valence-corrected chi connectivity index (χ2v) is 6.31. The molecule has 2 aromatic rings. The molecule has 5 nitrogen and oxygen atoms in total. The minimum Gasteiger partial charge on any atom is -0.481 e. The maximum absolute atomic E-state index is 14.4. The van der Waals surface area contributed by atoms with Crippen LogP contribution in [-0.4, -0.2) is 31.3 Å². The van der Waals surface area contributed by atoms with Crippen molar-refractivity contribution in [3.8, 4) is 5.75 Å². The molecular weight excluding hydrogens is 352 g/mol. The molecule has 0 spiro atoms. The molecule has 0 aliphatic carbocycles. The van der Waals surface area contributed by atoms with Crippen LogP contribution in [-0.2, 0) is 4.79 Å². The normalized spacial score (nSPS) is 14.3. The van der Waals surface area contributed by atoms with Crippen molar-refractivity contribution in [2.45, 2.75) is 19.8 Å². The average Bonchev–Trinajstić information content (AvgIpc) is 3.19. The highest BCUT2D eigenvalue weighted by Gasteiger charge is 2.16. The molecule has 0 atom stereocenters. The Hall–Kier alpha value is -2.96. The molecule has 3 rings (SSSR count). The van der Waals surface area contributed by atoms with Crippen LogP contribution in [0, 0.1) is 11.6 Å². The molecule has 27 heavy (non-hydrogen) atoms. The zero-order valence-electron chi connectivity index (χ0n) is 15.0. The van der Waals surface area contributed by atoms with Gasteiger partial charge in [-0.1, -0.05) is 18.2 Å². The van der Waals surface area contributed by atoms with Crippen LogP contribution in [0.4, 0.5) is 14.5 Å². The van der Waals surface area contributed by atoms with Gasteiger partial charge in [-0.15, -0.1) is 0 Å². The molecule has 142 valence electrons. The van der Waals surface area contributed by atoms with Crippen LogP contribution >= 0.6 is 0 Å². The summed E-state index contributed by atoms with van der Waals surface area (Å²) < 4.78 is 32.9. The summed E-state index contributed by atoms with van der Waals surface area (Å²) in [6.07, 6.45) is 2.14. The number of hydrogen-bond donors (Lipinski definition) is 1. The van der Waals surface area contributed by atoms with Gasteiger partial charge < -0.3 is 9.64 Å². The van der Waals surface area contributed by atoms with Crippen molar-refractivity contribution in [1.29, 1.82) is 0 Å². The van der Waals surface area contributed by atoms with Crippen LogP contribution < -0.4 is 15.1 Å². The predicted octanol–water partition coefficient (Wildman–Crippen LogP) is 3.48. The number of anilines is 1. The summed E-state index contributed by atoms with van der Waals surface area (Å²) in [5.41, 5.74) is 3.95. The molecule has 1 saturated heterocycles. The van der Waals surface area contributed by atoms with Gasteiger partial charge in [0.2, 0.25) is 0 Å². The van der Waals surface area contributed by atoms with Gasteiger partial charge in [-0.2, -0.15) is 5.10 Å². The third kappa shape index (κ3) is 4.81. The summed E-state index contributed by atoms with van der Waals surface area (Å²) in [6.45, 7) is 3.02. The average molecular weight is 373 g/mol. The van der Waals surface area contributed by atoms with Gasteiger partial charge in [0.1, 0.15) is 5.82 Å². The smallest absolute Gasteiger partial charge is 0.277 e. The molecule has 1 aliphatic heterocycles. The van der Waals surface area contributed by atoms with E-state index < -0.39 is 11.7 Å². The lowest BCUT2D eigenvalue weighted by Gasteiger charge is -2.18. The highest BCUT2D eigenvalue weighted by Crippen LogP contribution is 2.24. The van der Waals surface area contributed by atoms with E-state index in [9.17, 15) is 13.6 Å². The maximum atomic E-state index is 14.4. The lowest BCUT2D eigenvalue weighted by atomic mass is 10.1. The highest BCUT2D eigenvalue weighted by atomic mass is 19.1. The number of nitrogens with one attached hydrogen (secondary N) is 1. The summed E-state index contributed by atoms with van der Waals surface area (Å²) in [4.78, 5) is 13.8. The number of hydrazone groups is 1. The molecule has 2 aromatic carbocycles.